The Bertz CT molecular complexity index is 704. The SMILES string of the molecule is CN(C)c1nc2c(N)nc(C3CC4CCC3C4)nc2n1C. The molecule has 21 heavy (non-hydrogen) atoms. The Morgan fingerprint density at radius 1 is 1.14 bits per heavy atom. The van der Waals surface area contributed by atoms with E-state index in [4.69, 9.17) is 10.7 Å². The number of fused-ring (bicyclic) bond motifs is 3. The molecule has 6 heteroatoms. The molecule has 6 nitrogen and oxygen atoms in total. The number of nitrogens with two attached hydrogens (primary N) is 1. The average Bonchev–Trinajstić information content (AvgIpc) is 3.13. The fourth-order valence-corrected chi connectivity index (χ4v) is 4.21. The van der Waals surface area contributed by atoms with Crippen molar-refractivity contribution in [3.8, 4) is 0 Å². The van der Waals surface area contributed by atoms with Crippen LogP contribution in [0, 0.1) is 11.8 Å². The van der Waals surface area contributed by atoms with E-state index in [1.807, 2.05) is 30.6 Å². The molecule has 0 aromatic carbocycles. The highest BCUT2D eigenvalue weighted by atomic mass is 15.3. The highest BCUT2D eigenvalue weighted by Gasteiger charge is 2.42. The topological polar surface area (TPSA) is 72.9 Å². The summed E-state index contributed by atoms with van der Waals surface area (Å²) in [6.45, 7) is 0. The molecule has 2 aliphatic carbocycles. The van der Waals surface area contributed by atoms with Gasteiger partial charge in [-0.05, 0) is 31.1 Å². The lowest BCUT2D eigenvalue weighted by Crippen LogP contribution is -2.15. The number of nitrogens with zero attached hydrogens (tertiary/aromatic N) is 5. The van der Waals surface area contributed by atoms with E-state index >= 15 is 0 Å². The maximum Gasteiger partial charge on any atom is 0.207 e. The molecule has 3 unspecified atom stereocenters. The van der Waals surface area contributed by atoms with Gasteiger partial charge in [-0.2, -0.15) is 0 Å². The van der Waals surface area contributed by atoms with Gasteiger partial charge in [0.2, 0.25) is 5.95 Å². The molecule has 0 amide bonds. The van der Waals surface area contributed by atoms with Gasteiger partial charge < -0.3 is 10.6 Å². The highest BCUT2D eigenvalue weighted by Crippen LogP contribution is 2.52. The van der Waals surface area contributed by atoms with E-state index in [-0.39, 0.29) is 0 Å². The van der Waals surface area contributed by atoms with E-state index in [1.165, 1.54) is 25.7 Å². The lowest BCUT2D eigenvalue weighted by molar-refractivity contribution is 0.406. The minimum absolute atomic E-state index is 0.494. The summed E-state index contributed by atoms with van der Waals surface area (Å²) in [7, 11) is 5.94. The van der Waals surface area contributed by atoms with Crippen LogP contribution in [0.2, 0.25) is 0 Å². The molecule has 0 spiro atoms. The van der Waals surface area contributed by atoms with Gasteiger partial charge in [-0.15, -0.1) is 0 Å². The predicted molar refractivity (Wildman–Crippen MR) is 83.2 cm³/mol. The first-order chi connectivity index (χ1) is 10.0. The van der Waals surface area contributed by atoms with Crippen molar-refractivity contribution in [2.45, 2.75) is 31.6 Å². The molecule has 0 radical (unpaired) electrons. The van der Waals surface area contributed by atoms with Gasteiger partial charge in [0.1, 0.15) is 5.82 Å². The fraction of sp³-hybridized carbons (Fsp3) is 0.667. The van der Waals surface area contributed by atoms with Gasteiger partial charge in [0, 0.05) is 27.1 Å². The summed E-state index contributed by atoms with van der Waals surface area (Å²) in [5.41, 5.74) is 7.73. The number of aryl methyl sites for hydroxylation is 1. The summed E-state index contributed by atoms with van der Waals surface area (Å²) in [5.74, 6) is 4.43. The van der Waals surface area contributed by atoms with E-state index in [0.717, 1.165) is 29.3 Å². The third kappa shape index (κ3) is 1.81. The smallest absolute Gasteiger partial charge is 0.207 e. The first-order valence-electron chi connectivity index (χ1n) is 7.71. The molecule has 2 aliphatic rings. The van der Waals surface area contributed by atoms with E-state index < -0.39 is 0 Å². The van der Waals surface area contributed by atoms with Crippen LogP contribution in [-0.2, 0) is 7.05 Å². The number of imidazole rings is 1. The largest absolute Gasteiger partial charge is 0.382 e. The van der Waals surface area contributed by atoms with Crippen LogP contribution in [0.25, 0.3) is 11.2 Å². The Kier molecular flexibility index (Phi) is 2.65. The van der Waals surface area contributed by atoms with Crippen LogP contribution in [0.3, 0.4) is 0 Å². The van der Waals surface area contributed by atoms with Crippen LogP contribution in [0.1, 0.15) is 37.4 Å². The zero-order valence-corrected chi connectivity index (χ0v) is 12.9. The predicted octanol–water partition coefficient (Wildman–Crippen LogP) is 1.92. The summed E-state index contributed by atoms with van der Waals surface area (Å²) < 4.78 is 2.00. The summed E-state index contributed by atoms with van der Waals surface area (Å²) in [6, 6.07) is 0. The summed E-state index contributed by atoms with van der Waals surface area (Å²) in [4.78, 5) is 15.9. The number of nitrogen functional groups attached to an aromatic ring is 1. The molecule has 2 N–H and O–H groups in total. The molecule has 2 aromatic heterocycles. The summed E-state index contributed by atoms with van der Waals surface area (Å²) in [5, 5.41) is 0. The van der Waals surface area contributed by atoms with Crippen molar-refractivity contribution < 1.29 is 0 Å². The zero-order valence-electron chi connectivity index (χ0n) is 12.9. The third-order valence-corrected chi connectivity index (χ3v) is 5.21. The van der Waals surface area contributed by atoms with Gasteiger partial charge in [0.15, 0.2) is 17.0 Å². The molecule has 2 saturated carbocycles. The Morgan fingerprint density at radius 3 is 2.57 bits per heavy atom. The first-order valence-corrected chi connectivity index (χ1v) is 7.71. The number of hydrogen-bond donors (Lipinski definition) is 1. The molecule has 0 saturated heterocycles. The van der Waals surface area contributed by atoms with Crippen LogP contribution >= 0.6 is 0 Å². The quantitative estimate of drug-likeness (QED) is 0.913. The van der Waals surface area contributed by atoms with Crippen molar-refractivity contribution in [1.82, 2.24) is 19.5 Å². The van der Waals surface area contributed by atoms with Crippen molar-refractivity contribution in [2.24, 2.45) is 18.9 Å². The van der Waals surface area contributed by atoms with Crippen molar-refractivity contribution in [2.75, 3.05) is 24.7 Å². The molecular formula is C15H22N6. The monoisotopic (exact) mass is 286 g/mol. The van der Waals surface area contributed by atoms with Crippen LogP contribution in [0.15, 0.2) is 0 Å². The highest BCUT2D eigenvalue weighted by molar-refractivity contribution is 5.84. The van der Waals surface area contributed by atoms with Crippen LogP contribution in [-0.4, -0.2) is 33.6 Å². The molecule has 3 atom stereocenters. The average molecular weight is 286 g/mol. The first kappa shape index (κ1) is 12.9. The second-order valence-corrected chi connectivity index (χ2v) is 6.79. The van der Waals surface area contributed by atoms with Crippen LogP contribution < -0.4 is 10.6 Å². The van der Waals surface area contributed by atoms with Gasteiger partial charge in [-0.3, -0.25) is 4.57 Å². The number of aromatic nitrogens is 4. The lowest BCUT2D eigenvalue weighted by Gasteiger charge is -2.20. The van der Waals surface area contributed by atoms with Crippen molar-refractivity contribution in [3.05, 3.63) is 5.82 Å². The molecule has 4 rings (SSSR count). The number of rotatable bonds is 2. The molecule has 2 aromatic rings. The van der Waals surface area contributed by atoms with Crippen molar-refractivity contribution in [1.29, 1.82) is 0 Å². The molecule has 0 aliphatic heterocycles. The second-order valence-electron chi connectivity index (χ2n) is 6.79. The standard InChI is InChI=1S/C15H22N6/c1-20(2)15-17-11-12(16)18-13(19-14(11)21(15)3)10-7-8-4-5-9(10)6-8/h8-10H,4-7H2,1-3H3,(H2,16,18,19). The van der Waals surface area contributed by atoms with E-state index in [2.05, 4.69) is 9.97 Å². The lowest BCUT2D eigenvalue weighted by atomic mass is 9.88. The minimum Gasteiger partial charge on any atom is -0.382 e. The molecule has 2 bridgehead atoms. The van der Waals surface area contributed by atoms with Crippen molar-refractivity contribution >= 4 is 22.9 Å². The maximum absolute atomic E-state index is 6.16. The Morgan fingerprint density at radius 2 is 1.95 bits per heavy atom. The minimum atomic E-state index is 0.494. The normalized spacial score (nSPS) is 27.7. The Hall–Kier alpha value is -1.85. The van der Waals surface area contributed by atoms with Gasteiger partial charge in [-0.1, -0.05) is 6.42 Å². The second kappa shape index (κ2) is 4.32. The van der Waals surface area contributed by atoms with Gasteiger partial charge in [-0.25, -0.2) is 15.0 Å². The van der Waals surface area contributed by atoms with Crippen molar-refractivity contribution in [3.63, 3.8) is 0 Å². The van der Waals surface area contributed by atoms with Crippen LogP contribution in [0.4, 0.5) is 11.8 Å². The molecular weight excluding hydrogens is 264 g/mol. The maximum atomic E-state index is 6.16. The van der Waals surface area contributed by atoms with Crippen LogP contribution in [0.5, 0.6) is 0 Å². The van der Waals surface area contributed by atoms with E-state index in [0.29, 0.717) is 17.3 Å². The summed E-state index contributed by atoms with van der Waals surface area (Å²) in [6.07, 6.45) is 5.29. The van der Waals surface area contributed by atoms with E-state index in [9.17, 15) is 0 Å². The van der Waals surface area contributed by atoms with Gasteiger partial charge >= 0.3 is 0 Å². The Balaban J connectivity index is 1.83. The Labute approximate surface area is 124 Å². The summed E-state index contributed by atoms with van der Waals surface area (Å²) >= 11 is 0. The molecule has 112 valence electrons. The van der Waals surface area contributed by atoms with Gasteiger partial charge in [0.05, 0.1) is 0 Å². The molecule has 2 heterocycles. The zero-order chi connectivity index (χ0) is 14.7. The fourth-order valence-electron chi connectivity index (χ4n) is 4.21. The number of hydrogen-bond acceptors (Lipinski definition) is 5. The number of anilines is 2. The third-order valence-electron chi connectivity index (χ3n) is 5.21. The van der Waals surface area contributed by atoms with E-state index in [1.54, 1.807) is 0 Å². The molecule has 2 fully saturated rings. The van der Waals surface area contributed by atoms with Gasteiger partial charge in [0.25, 0.3) is 0 Å².